The van der Waals surface area contributed by atoms with Gasteiger partial charge in [-0.25, -0.2) is 4.98 Å². The number of hydrogen-bond acceptors (Lipinski definition) is 5. The van der Waals surface area contributed by atoms with E-state index in [9.17, 15) is 0 Å². The highest BCUT2D eigenvalue weighted by Crippen LogP contribution is 2.20. The van der Waals surface area contributed by atoms with Crippen molar-refractivity contribution >= 4 is 17.2 Å². The first-order chi connectivity index (χ1) is 9.42. The summed E-state index contributed by atoms with van der Waals surface area (Å²) >= 11 is 0. The van der Waals surface area contributed by atoms with Gasteiger partial charge >= 0.3 is 0 Å². The molecule has 2 heterocycles. The number of morpholine rings is 1. The summed E-state index contributed by atoms with van der Waals surface area (Å²) in [5, 5.41) is 3.22. The third kappa shape index (κ3) is 3.00. The first kappa shape index (κ1) is 11.9. The number of hydrogen-bond donors (Lipinski definition) is 1. The van der Waals surface area contributed by atoms with E-state index in [1.165, 1.54) is 5.69 Å². The van der Waals surface area contributed by atoms with Crippen LogP contribution in [0, 0.1) is 0 Å². The third-order valence-electron chi connectivity index (χ3n) is 3.08. The predicted molar refractivity (Wildman–Crippen MR) is 74.8 cm³/mol. The molecule has 1 aliphatic rings. The van der Waals surface area contributed by atoms with Crippen molar-refractivity contribution in [1.29, 1.82) is 0 Å². The van der Waals surface area contributed by atoms with Gasteiger partial charge in [0.2, 0.25) is 0 Å². The number of rotatable bonds is 3. The summed E-state index contributed by atoms with van der Waals surface area (Å²) in [5.41, 5.74) is 2.24. The maximum absolute atomic E-state index is 5.35. The Bertz CT molecular complexity index is 509. The van der Waals surface area contributed by atoms with E-state index in [1.807, 2.05) is 0 Å². The fourth-order valence-corrected chi connectivity index (χ4v) is 2.09. The van der Waals surface area contributed by atoms with Crippen LogP contribution < -0.4 is 10.2 Å². The number of anilines is 3. The fraction of sp³-hybridized carbons (Fsp3) is 0.286. The van der Waals surface area contributed by atoms with E-state index in [0.717, 1.165) is 37.8 Å². The van der Waals surface area contributed by atoms with Crippen molar-refractivity contribution < 1.29 is 4.74 Å². The zero-order valence-electron chi connectivity index (χ0n) is 10.6. The molecule has 0 aliphatic carbocycles. The summed E-state index contributed by atoms with van der Waals surface area (Å²) in [5.74, 6) is 0.752. The number of nitrogens with zero attached hydrogens (tertiary/aromatic N) is 3. The van der Waals surface area contributed by atoms with Crippen LogP contribution in [0.15, 0.2) is 42.9 Å². The van der Waals surface area contributed by atoms with Crippen LogP contribution in [-0.4, -0.2) is 36.3 Å². The van der Waals surface area contributed by atoms with Gasteiger partial charge in [0.1, 0.15) is 5.82 Å². The predicted octanol–water partition coefficient (Wildman–Crippen LogP) is 2.06. The zero-order valence-corrected chi connectivity index (χ0v) is 10.6. The van der Waals surface area contributed by atoms with Gasteiger partial charge in [0.15, 0.2) is 0 Å². The molecule has 98 valence electrons. The van der Waals surface area contributed by atoms with Crippen LogP contribution in [0.2, 0.25) is 0 Å². The zero-order chi connectivity index (χ0) is 12.9. The Morgan fingerprint density at radius 2 is 1.84 bits per heavy atom. The third-order valence-corrected chi connectivity index (χ3v) is 3.08. The lowest BCUT2D eigenvalue weighted by molar-refractivity contribution is 0.122. The molecule has 3 rings (SSSR count). The Balaban J connectivity index is 1.68. The van der Waals surface area contributed by atoms with Gasteiger partial charge in [0.25, 0.3) is 0 Å². The van der Waals surface area contributed by atoms with Gasteiger partial charge in [0.05, 0.1) is 19.4 Å². The molecule has 0 bridgehead atoms. The van der Waals surface area contributed by atoms with Crippen molar-refractivity contribution in [3.05, 3.63) is 42.9 Å². The summed E-state index contributed by atoms with van der Waals surface area (Å²) in [6.07, 6.45) is 5.03. The second kappa shape index (κ2) is 5.67. The van der Waals surface area contributed by atoms with Gasteiger partial charge in [-0.2, -0.15) is 0 Å². The van der Waals surface area contributed by atoms with E-state index in [0.29, 0.717) is 0 Å². The molecule has 1 aromatic carbocycles. The molecule has 0 atom stereocenters. The van der Waals surface area contributed by atoms with Gasteiger partial charge in [0, 0.05) is 36.9 Å². The van der Waals surface area contributed by atoms with Crippen molar-refractivity contribution in [1.82, 2.24) is 9.97 Å². The molecule has 5 nitrogen and oxygen atoms in total. The number of nitrogens with one attached hydrogen (secondary N) is 1. The Morgan fingerprint density at radius 1 is 1.05 bits per heavy atom. The topological polar surface area (TPSA) is 50.3 Å². The first-order valence-corrected chi connectivity index (χ1v) is 6.37. The molecule has 1 fully saturated rings. The minimum atomic E-state index is 0.752. The van der Waals surface area contributed by atoms with E-state index in [4.69, 9.17) is 4.74 Å². The van der Waals surface area contributed by atoms with Crippen molar-refractivity contribution in [3.63, 3.8) is 0 Å². The molecule has 0 saturated carbocycles. The summed E-state index contributed by atoms with van der Waals surface area (Å²) in [7, 11) is 0. The summed E-state index contributed by atoms with van der Waals surface area (Å²) < 4.78 is 5.35. The van der Waals surface area contributed by atoms with Gasteiger partial charge in [-0.05, 0) is 24.3 Å². The van der Waals surface area contributed by atoms with Crippen LogP contribution in [-0.2, 0) is 4.74 Å². The summed E-state index contributed by atoms with van der Waals surface area (Å²) in [4.78, 5) is 10.5. The standard InChI is InChI=1S/C14H16N4O/c1-3-13(18-7-9-19-10-8-18)4-2-12(1)17-14-11-15-5-6-16-14/h1-6,11H,7-10H2,(H,16,17). The van der Waals surface area contributed by atoms with E-state index < -0.39 is 0 Å². The van der Waals surface area contributed by atoms with Crippen LogP contribution in [0.4, 0.5) is 17.2 Å². The second-order valence-corrected chi connectivity index (χ2v) is 4.36. The molecule has 0 spiro atoms. The molecule has 1 N–H and O–H groups in total. The van der Waals surface area contributed by atoms with Crippen LogP contribution in [0.3, 0.4) is 0 Å². The molecule has 0 amide bonds. The smallest absolute Gasteiger partial charge is 0.148 e. The minimum Gasteiger partial charge on any atom is -0.378 e. The molecule has 0 unspecified atom stereocenters. The Morgan fingerprint density at radius 3 is 2.53 bits per heavy atom. The van der Waals surface area contributed by atoms with Crippen molar-refractivity contribution in [2.75, 3.05) is 36.5 Å². The van der Waals surface area contributed by atoms with Gasteiger partial charge in [-0.3, -0.25) is 4.98 Å². The molecule has 1 aliphatic heterocycles. The maximum Gasteiger partial charge on any atom is 0.148 e. The second-order valence-electron chi connectivity index (χ2n) is 4.36. The van der Waals surface area contributed by atoms with E-state index in [-0.39, 0.29) is 0 Å². The normalized spacial score (nSPS) is 15.3. The van der Waals surface area contributed by atoms with Crippen molar-refractivity contribution in [2.24, 2.45) is 0 Å². The SMILES string of the molecule is c1cnc(Nc2ccc(N3CCOCC3)cc2)cn1. The van der Waals surface area contributed by atoms with Gasteiger partial charge < -0.3 is 15.0 Å². The Labute approximate surface area is 112 Å². The number of ether oxygens (including phenoxy) is 1. The van der Waals surface area contributed by atoms with Crippen molar-refractivity contribution in [3.8, 4) is 0 Å². The monoisotopic (exact) mass is 256 g/mol. The summed E-state index contributed by atoms with van der Waals surface area (Å²) in [6, 6.07) is 8.34. The van der Waals surface area contributed by atoms with E-state index in [2.05, 4.69) is 44.5 Å². The first-order valence-electron chi connectivity index (χ1n) is 6.37. The van der Waals surface area contributed by atoms with Crippen LogP contribution in [0.25, 0.3) is 0 Å². The Kier molecular flexibility index (Phi) is 3.56. The van der Waals surface area contributed by atoms with Gasteiger partial charge in [-0.1, -0.05) is 0 Å². The molecular formula is C14H16N4O. The highest BCUT2D eigenvalue weighted by Gasteiger charge is 2.10. The molecule has 1 aromatic heterocycles. The molecule has 19 heavy (non-hydrogen) atoms. The van der Waals surface area contributed by atoms with Crippen LogP contribution in [0.1, 0.15) is 0 Å². The average Bonchev–Trinajstić information content (AvgIpc) is 2.50. The molecule has 0 radical (unpaired) electrons. The van der Waals surface area contributed by atoms with Crippen LogP contribution >= 0.6 is 0 Å². The number of aromatic nitrogens is 2. The lowest BCUT2D eigenvalue weighted by Crippen LogP contribution is -2.36. The average molecular weight is 256 g/mol. The maximum atomic E-state index is 5.35. The molecule has 1 saturated heterocycles. The highest BCUT2D eigenvalue weighted by molar-refractivity contribution is 5.60. The molecule has 5 heteroatoms. The summed E-state index contributed by atoms with van der Waals surface area (Å²) in [6.45, 7) is 3.52. The van der Waals surface area contributed by atoms with Crippen molar-refractivity contribution in [2.45, 2.75) is 0 Å². The van der Waals surface area contributed by atoms with Gasteiger partial charge in [-0.15, -0.1) is 0 Å². The lowest BCUT2D eigenvalue weighted by atomic mass is 10.2. The van der Waals surface area contributed by atoms with E-state index in [1.54, 1.807) is 18.6 Å². The minimum absolute atomic E-state index is 0.752. The van der Waals surface area contributed by atoms with Crippen LogP contribution in [0.5, 0.6) is 0 Å². The Hall–Kier alpha value is -2.14. The molecular weight excluding hydrogens is 240 g/mol. The lowest BCUT2D eigenvalue weighted by Gasteiger charge is -2.28. The fourth-order valence-electron chi connectivity index (χ4n) is 2.09. The number of benzene rings is 1. The quantitative estimate of drug-likeness (QED) is 0.911. The van der Waals surface area contributed by atoms with E-state index >= 15 is 0 Å². The highest BCUT2D eigenvalue weighted by atomic mass is 16.5. The largest absolute Gasteiger partial charge is 0.378 e. The molecule has 2 aromatic rings.